The van der Waals surface area contributed by atoms with Crippen molar-refractivity contribution < 1.29 is 90.4 Å². The Morgan fingerprint density at radius 2 is 1.35 bits per heavy atom. The Bertz CT molecular complexity index is 1690. The Kier molecular flexibility index (Phi) is 12.1. The Labute approximate surface area is 308 Å². The average Bonchev–Trinajstić information content (AvgIpc) is 3.75. The van der Waals surface area contributed by atoms with Crippen LogP contribution >= 0.6 is 0 Å². The van der Waals surface area contributed by atoms with Crippen molar-refractivity contribution in [1.29, 1.82) is 0 Å². The molecule has 3 fully saturated rings. The van der Waals surface area contributed by atoms with Gasteiger partial charge in [-0.05, 0) is 24.3 Å². The predicted octanol–water partition coefficient (Wildman–Crippen LogP) is 1.06. The summed E-state index contributed by atoms with van der Waals surface area (Å²) in [5, 5.41) is 0. The number of ether oxygens (including phenoxy) is 12. The second kappa shape index (κ2) is 16.4. The summed E-state index contributed by atoms with van der Waals surface area (Å²) in [6, 6.07) is 4.09. The molecule has 0 bridgehead atoms. The number of methoxy groups -OCH3 is 1. The number of hydrogen-bond donors (Lipinski definition) is 0. The molecule has 5 rings (SSSR count). The summed E-state index contributed by atoms with van der Waals surface area (Å²) in [7, 11) is 1.33. The van der Waals surface area contributed by atoms with Gasteiger partial charge in [0.1, 0.15) is 37.1 Å². The molecule has 54 heavy (non-hydrogen) atoms. The fourth-order valence-electron chi connectivity index (χ4n) is 6.83. The maximum absolute atomic E-state index is 13.5. The van der Waals surface area contributed by atoms with Crippen molar-refractivity contribution in [3.63, 3.8) is 0 Å². The Morgan fingerprint density at radius 3 is 1.96 bits per heavy atom. The summed E-state index contributed by atoms with van der Waals surface area (Å²) in [6.07, 6.45) is -7.73. The summed E-state index contributed by atoms with van der Waals surface area (Å²) in [5.41, 5.74) is -1.26. The van der Waals surface area contributed by atoms with Gasteiger partial charge in [-0.2, -0.15) is 0 Å². The first-order valence-corrected chi connectivity index (χ1v) is 16.7. The molecule has 0 N–H and O–H groups in total. The van der Waals surface area contributed by atoms with Crippen molar-refractivity contribution in [3.05, 3.63) is 36.1 Å². The smallest absolute Gasteiger partial charge is 0.338 e. The van der Waals surface area contributed by atoms with Crippen molar-refractivity contribution in [2.45, 2.75) is 96.3 Å². The topological polar surface area (TPSA) is 234 Å². The van der Waals surface area contributed by atoms with E-state index in [2.05, 4.69) is 0 Å². The fourth-order valence-corrected chi connectivity index (χ4v) is 6.83. The molecular formula is C35H40O19. The lowest BCUT2D eigenvalue weighted by molar-refractivity contribution is -0.346. The summed E-state index contributed by atoms with van der Waals surface area (Å²) in [5.74, 6) is -6.60. The zero-order chi connectivity index (χ0) is 39.5. The van der Waals surface area contributed by atoms with Crippen LogP contribution in [0.2, 0.25) is 0 Å². The van der Waals surface area contributed by atoms with Gasteiger partial charge in [0.15, 0.2) is 29.8 Å². The molecule has 1 aromatic carbocycles. The molecule has 19 nitrogen and oxygen atoms in total. The second-order valence-electron chi connectivity index (χ2n) is 12.7. The number of hydrogen-bond acceptors (Lipinski definition) is 19. The minimum absolute atomic E-state index is 0.0544. The lowest BCUT2D eigenvalue weighted by atomic mass is 9.85. The summed E-state index contributed by atoms with van der Waals surface area (Å²) < 4.78 is 67.8. The van der Waals surface area contributed by atoms with E-state index in [1.54, 1.807) is 6.08 Å². The van der Waals surface area contributed by atoms with Crippen LogP contribution in [0.5, 0.6) is 11.5 Å². The molecule has 3 heterocycles. The SMILES string of the molecule is COc1cc(C(=O)O[C@H]2[C@@H]3C=CO[C@@H](O[C@@H]4O[C@H](COC(C)=O)[C@@H](OC(C)=O)[C@H](OC(C)=O)[C@H]4OC(C)=O)[C@@H]3[C@@]3(COC(C)=O)O[C@@H]23)ccc1OC(C)=O. The number of rotatable bonds is 13. The average molecular weight is 765 g/mol. The van der Waals surface area contributed by atoms with Crippen molar-refractivity contribution in [1.82, 2.24) is 0 Å². The Hall–Kier alpha value is -5.27. The molecule has 0 radical (unpaired) electrons. The van der Waals surface area contributed by atoms with Gasteiger partial charge in [0.05, 0.1) is 24.9 Å². The normalized spacial score (nSPS) is 31.6. The molecule has 11 atom stereocenters. The van der Waals surface area contributed by atoms with Crippen molar-refractivity contribution in [2.24, 2.45) is 11.8 Å². The number of esters is 7. The standard InChI is InChI=1S/C35H40O19/c1-15(36)45-13-25-28(48-18(4)39)29(49-19(5)40)30(50-20(6)41)34(51-25)53-33-26-22(10-11-44-33)27(31-35(26,54-31)14-46-16(2)37)52-32(42)21-8-9-23(47-17(3)38)24(12-21)43-7/h8-12,22,25-31,33-34H,13-14H2,1-7H3/t22-,25-,26-,27+,28-,29+,30-,31+,33+,34+,35-/m1/s1. The zero-order valence-electron chi connectivity index (χ0n) is 30.3. The van der Waals surface area contributed by atoms with Crippen molar-refractivity contribution >= 4 is 41.8 Å². The molecule has 19 heteroatoms. The lowest BCUT2D eigenvalue weighted by Crippen LogP contribution is -2.64. The van der Waals surface area contributed by atoms with Crippen LogP contribution in [0.15, 0.2) is 30.5 Å². The molecule has 4 aliphatic rings. The van der Waals surface area contributed by atoms with Crippen LogP contribution in [-0.4, -0.2) is 117 Å². The van der Waals surface area contributed by atoms with Crippen LogP contribution in [0.25, 0.3) is 0 Å². The molecule has 0 unspecified atom stereocenters. The molecule has 3 aliphatic heterocycles. The number of carbonyl (C=O) groups is 7. The maximum atomic E-state index is 13.5. The first-order chi connectivity index (χ1) is 25.5. The molecule has 1 saturated carbocycles. The fraction of sp³-hybridized carbons (Fsp3) is 0.571. The Balaban J connectivity index is 1.46. The molecule has 0 spiro atoms. The minimum atomic E-state index is -1.63. The van der Waals surface area contributed by atoms with E-state index in [4.69, 9.17) is 56.8 Å². The van der Waals surface area contributed by atoms with E-state index >= 15 is 0 Å². The molecule has 1 aromatic rings. The highest BCUT2D eigenvalue weighted by molar-refractivity contribution is 5.90. The highest BCUT2D eigenvalue weighted by Gasteiger charge is 2.78. The van der Waals surface area contributed by atoms with Gasteiger partial charge in [-0.3, -0.25) is 28.8 Å². The number of benzene rings is 1. The van der Waals surface area contributed by atoms with Gasteiger partial charge in [-0.25, -0.2) is 4.79 Å². The molecule has 1 aliphatic carbocycles. The van der Waals surface area contributed by atoms with Gasteiger partial charge in [-0.15, -0.1) is 0 Å². The summed E-state index contributed by atoms with van der Waals surface area (Å²) in [6.45, 7) is 6.00. The lowest BCUT2D eigenvalue weighted by Gasteiger charge is -2.46. The first-order valence-electron chi connectivity index (χ1n) is 16.7. The summed E-state index contributed by atoms with van der Waals surface area (Å²) >= 11 is 0. The predicted molar refractivity (Wildman–Crippen MR) is 172 cm³/mol. The highest BCUT2D eigenvalue weighted by atomic mass is 16.8. The van der Waals surface area contributed by atoms with Crippen molar-refractivity contribution in [3.8, 4) is 11.5 Å². The van der Waals surface area contributed by atoms with E-state index in [0.717, 1.165) is 27.7 Å². The van der Waals surface area contributed by atoms with Gasteiger partial charge < -0.3 is 56.8 Å². The Morgan fingerprint density at radius 1 is 0.704 bits per heavy atom. The molecule has 0 aromatic heterocycles. The third kappa shape index (κ3) is 8.74. The monoisotopic (exact) mass is 764 g/mol. The molecule has 2 saturated heterocycles. The first kappa shape index (κ1) is 39.9. The van der Waals surface area contributed by atoms with E-state index in [1.807, 2.05) is 0 Å². The third-order valence-corrected chi connectivity index (χ3v) is 8.85. The van der Waals surface area contributed by atoms with Crippen LogP contribution in [0.1, 0.15) is 51.9 Å². The van der Waals surface area contributed by atoms with Crippen molar-refractivity contribution in [2.75, 3.05) is 20.3 Å². The quantitative estimate of drug-likeness (QED) is 0.118. The van der Waals surface area contributed by atoms with E-state index in [1.165, 1.54) is 45.4 Å². The third-order valence-electron chi connectivity index (χ3n) is 8.85. The van der Waals surface area contributed by atoms with E-state index < -0.39 is 115 Å². The van der Waals surface area contributed by atoms with E-state index in [9.17, 15) is 33.6 Å². The number of carbonyl (C=O) groups excluding carboxylic acids is 7. The van der Waals surface area contributed by atoms with E-state index in [-0.39, 0.29) is 23.7 Å². The van der Waals surface area contributed by atoms with Gasteiger partial charge in [0.25, 0.3) is 0 Å². The van der Waals surface area contributed by atoms with Gasteiger partial charge in [0.2, 0.25) is 12.6 Å². The van der Waals surface area contributed by atoms with Gasteiger partial charge >= 0.3 is 41.8 Å². The zero-order valence-corrected chi connectivity index (χ0v) is 30.3. The van der Waals surface area contributed by atoms with Crippen LogP contribution in [0.3, 0.4) is 0 Å². The minimum Gasteiger partial charge on any atom is -0.493 e. The summed E-state index contributed by atoms with van der Waals surface area (Å²) in [4.78, 5) is 85.6. The molecule has 0 amide bonds. The van der Waals surface area contributed by atoms with Crippen LogP contribution in [-0.2, 0) is 76.1 Å². The number of fused-ring (bicyclic) bond motifs is 3. The van der Waals surface area contributed by atoms with Crippen LogP contribution in [0, 0.1) is 11.8 Å². The highest BCUT2D eigenvalue weighted by Crippen LogP contribution is 2.61. The largest absolute Gasteiger partial charge is 0.493 e. The second-order valence-corrected chi connectivity index (χ2v) is 12.7. The van der Waals surface area contributed by atoms with Crippen LogP contribution in [0.4, 0.5) is 0 Å². The van der Waals surface area contributed by atoms with Gasteiger partial charge in [-0.1, -0.05) is 0 Å². The molecular weight excluding hydrogens is 724 g/mol. The number of epoxide rings is 1. The maximum Gasteiger partial charge on any atom is 0.338 e. The van der Waals surface area contributed by atoms with Gasteiger partial charge in [0, 0.05) is 47.5 Å². The van der Waals surface area contributed by atoms with E-state index in [0.29, 0.717) is 0 Å². The molecule has 294 valence electrons. The van der Waals surface area contributed by atoms with Crippen LogP contribution < -0.4 is 9.47 Å².